The third-order valence-corrected chi connectivity index (χ3v) is 3.21. The van der Waals surface area contributed by atoms with Crippen LogP contribution in [-0.2, 0) is 14.3 Å². The van der Waals surface area contributed by atoms with Crippen LogP contribution in [0, 0.1) is 0 Å². The number of amides is 1. The van der Waals surface area contributed by atoms with Crippen LogP contribution in [-0.4, -0.2) is 62.1 Å². The average molecular weight is 271 g/mol. The number of hydrogen-bond donors (Lipinski definition) is 2. The Hall–Kier alpha value is -1.14. The van der Waals surface area contributed by atoms with Crippen LogP contribution in [0.25, 0.3) is 0 Å². The van der Waals surface area contributed by atoms with E-state index in [1.807, 2.05) is 0 Å². The zero-order valence-electron chi connectivity index (χ0n) is 11.9. The summed E-state index contributed by atoms with van der Waals surface area (Å²) in [6.07, 6.45) is 0.986. The lowest BCUT2D eigenvalue weighted by Crippen LogP contribution is -2.58. The third-order valence-electron chi connectivity index (χ3n) is 3.21. The van der Waals surface area contributed by atoms with E-state index in [4.69, 9.17) is 4.74 Å². The number of nitrogens with zero attached hydrogens (tertiary/aromatic N) is 1. The summed E-state index contributed by atoms with van der Waals surface area (Å²) in [5, 5.41) is 6.04. The van der Waals surface area contributed by atoms with E-state index in [1.54, 1.807) is 6.92 Å². The van der Waals surface area contributed by atoms with Crippen molar-refractivity contribution in [1.82, 2.24) is 15.5 Å². The summed E-state index contributed by atoms with van der Waals surface area (Å²) in [6.45, 7) is 8.02. The van der Waals surface area contributed by atoms with Gasteiger partial charge in [0, 0.05) is 32.1 Å². The van der Waals surface area contributed by atoms with E-state index in [0.717, 1.165) is 19.6 Å². The maximum Gasteiger partial charge on any atom is 0.305 e. The van der Waals surface area contributed by atoms with Crippen LogP contribution in [0.5, 0.6) is 0 Å². The van der Waals surface area contributed by atoms with Gasteiger partial charge in [0.05, 0.1) is 13.2 Å². The van der Waals surface area contributed by atoms with Crippen LogP contribution in [0.1, 0.15) is 26.7 Å². The lowest BCUT2D eigenvalue weighted by atomic mass is 10.1. The van der Waals surface area contributed by atoms with Crippen molar-refractivity contribution in [3.05, 3.63) is 0 Å². The van der Waals surface area contributed by atoms with Crippen molar-refractivity contribution >= 4 is 11.9 Å². The fourth-order valence-corrected chi connectivity index (χ4v) is 1.96. The first kappa shape index (κ1) is 15.9. The van der Waals surface area contributed by atoms with Gasteiger partial charge in [0.15, 0.2) is 0 Å². The smallest absolute Gasteiger partial charge is 0.305 e. The molecule has 0 radical (unpaired) electrons. The molecule has 1 amide bonds. The Kier molecular flexibility index (Phi) is 7.43. The number of hydrogen-bond acceptors (Lipinski definition) is 5. The lowest BCUT2D eigenvalue weighted by molar-refractivity contribution is -0.143. The number of likely N-dealkylation sites (N-methyl/N-ethyl adjacent to an activating group) is 1. The second kappa shape index (κ2) is 8.87. The van der Waals surface area contributed by atoms with E-state index >= 15 is 0 Å². The predicted octanol–water partition coefficient (Wildman–Crippen LogP) is -0.260. The van der Waals surface area contributed by atoms with Crippen molar-refractivity contribution < 1.29 is 14.3 Å². The molecule has 0 atom stereocenters. The van der Waals surface area contributed by atoms with Gasteiger partial charge in [-0.3, -0.25) is 14.5 Å². The first-order chi connectivity index (χ1) is 9.17. The molecule has 1 fully saturated rings. The zero-order valence-corrected chi connectivity index (χ0v) is 11.9. The summed E-state index contributed by atoms with van der Waals surface area (Å²) in [7, 11) is 0. The molecule has 1 saturated heterocycles. The number of ether oxygens (including phenoxy) is 1. The van der Waals surface area contributed by atoms with Crippen LogP contribution in [0.15, 0.2) is 0 Å². The molecule has 0 aliphatic carbocycles. The second-order valence-corrected chi connectivity index (χ2v) is 4.63. The van der Waals surface area contributed by atoms with E-state index in [-0.39, 0.29) is 11.9 Å². The van der Waals surface area contributed by atoms with Gasteiger partial charge in [0.25, 0.3) is 0 Å². The maximum absolute atomic E-state index is 11.7. The van der Waals surface area contributed by atoms with Gasteiger partial charge in [-0.2, -0.15) is 0 Å². The van der Waals surface area contributed by atoms with Crippen molar-refractivity contribution in [2.75, 3.05) is 39.3 Å². The molecule has 1 aliphatic heterocycles. The van der Waals surface area contributed by atoms with Crippen molar-refractivity contribution in [3.63, 3.8) is 0 Å². The molecule has 6 nitrogen and oxygen atoms in total. The average Bonchev–Trinajstić information content (AvgIpc) is 2.32. The van der Waals surface area contributed by atoms with Crippen LogP contribution >= 0.6 is 0 Å². The molecule has 0 bridgehead atoms. The summed E-state index contributed by atoms with van der Waals surface area (Å²) in [4.78, 5) is 25.0. The fraction of sp³-hybridized carbons (Fsp3) is 0.846. The third kappa shape index (κ3) is 6.02. The van der Waals surface area contributed by atoms with E-state index in [1.165, 1.54) is 0 Å². The molecular weight excluding hydrogens is 246 g/mol. The Morgan fingerprint density at radius 2 is 2.11 bits per heavy atom. The molecule has 0 unspecified atom stereocenters. The number of carbonyl (C=O) groups is 2. The van der Waals surface area contributed by atoms with Gasteiger partial charge in [-0.1, -0.05) is 6.92 Å². The van der Waals surface area contributed by atoms with Gasteiger partial charge in [0.2, 0.25) is 5.91 Å². The van der Waals surface area contributed by atoms with Crippen molar-refractivity contribution in [2.24, 2.45) is 0 Å². The quantitative estimate of drug-likeness (QED) is 0.446. The minimum Gasteiger partial charge on any atom is -0.466 e. The molecule has 0 aromatic rings. The maximum atomic E-state index is 11.7. The number of esters is 1. The van der Waals surface area contributed by atoms with E-state index in [2.05, 4.69) is 22.5 Å². The van der Waals surface area contributed by atoms with E-state index < -0.39 is 0 Å². The van der Waals surface area contributed by atoms with Gasteiger partial charge in [-0.15, -0.1) is 0 Å². The summed E-state index contributed by atoms with van der Waals surface area (Å²) < 4.78 is 4.82. The number of rotatable bonds is 9. The predicted molar refractivity (Wildman–Crippen MR) is 72.8 cm³/mol. The molecule has 1 rings (SSSR count). The molecule has 0 saturated carbocycles. The molecule has 6 heteroatoms. The van der Waals surface area contributed by atoms with Crippen molar-refractivity contribution in [1.29, 1.82) is 0 Å². The lowest BCUT2D eigenvalue weighted by Gasteiger charge is -2.37. The van der Waals surface area contributed by atoms with E-state index in [9.17, 15) is 9.59 Å². The second-order valence-electron chi connectivity index (χ2n) is 4.63. The van der Waals surface area contributed by atoms with Gasteiger partial charge in [-0.25, -0.2) is 0 Å². The standard InChI is InChI=1S/C13H25N3O3/c1-3-16(11-8-14-9-11)10-12(17)15-7-5-6-13(18)19-4-2/h11,14H,3-10H2,1-2H3,(H,15,17). The van der Waals surface area contributed by atoms with Gasteiger partial charge in [0.1, 0.15) is 0 Å². The topological polar surface area (TPSA) is 70.7 Å². The molecule has 0 spiro atoms. The van der Waals surface area contributed by atoms with Crippen LogP contribution in [0.2, 0.25) is 0 Å². The fourth-order valence-electron chi connectivity index (χ4n) is 1.96. The summed E-state index contributed by atoms with van der Waals surface area (Å²) >= 11 is 0. The van der Waals surface area contributed by atoms with Gasteiger partial charge >= 0.3 is 5.97 Å². The Morgan fingerprint density at radius 1 is 1.37 bits per heavy atom. The largest absolute Gasteiger partial charge is 0.466 e. The molecule has 19 heavy (non-hydrogen) atoms. The van der Waals surface area contributed by atoms with Crippen LogP contribution in [0.3, 0.4) is 0 Å². The highest BCUT2D eigenvalue weighted by atomic mass is 16.5. The molecule has 2 N–H and O–H groups in total. The molecular formula is C13H25N3O3. The zero-order chi connectivity index (χ0) is 14.1. The van der Waals surface area contributed by atoms with Crippen molar-refractivity contribution in [2.45, 2.75) is 32.7 Å². The highest BCUT2D eigenvalue weighted by molar-refractivity contribution is 5.78. The number of nitrogens with one attached hydrogen (secondary N) is 2. The highest BCUT2D eigenvalue weighted by Crippen LogP contribution is 2.03. The molecule has 0 aromatic carbocycles. The van der Waals surface area contributed by atoms with E-state index in [0.29, 0.717) is 38.6 Å². The molecule has 1 aliphatic rings. The monoisotopic (exact) mass is 271 g/mol. The Bertz CT molecular complexity index is 293. The Balaban J connectivity index is 2.08. The molecule has 1 heterocycles. The Labute approximate surface area is 114 Å². The minimum atomic E-state index is -0.201. The first-order valence-corrected chi connectivity index (χ1v) is 7.04. The highest BCUT2D eigenvalue weighted by Gasteiger charge is 2.24. The normalized spacial score (nSPS) is 15.1. The van der Waals surface area contributed by atoms with Crippen molar-refractivity contribution in [3.8, 4) is 0 Å². The SMILES string of the molecule is CCOC(=O)CCCNC(=O)CN(CC)C1CNC1. The molecule has 110 valence electrons. The summed E-state index contributed by atoms with van der Waals surface area (Å²) in [5.41, 5.74) is 0. The van der Waals surface area contributed by atoms with Crippen LogP contribution < -0.4 is 10.6 Å². The minimum absolute atomic E-state index is 0.0256. The number of carbonyl (C=O) groups excluding carboxylic acids is 2. The molecule has 0 aromatic heterocycles. The van der Waals surface area contributed by atoms with Crippen LogP contribution in [0.4, 0.5) is 0 Å². The van der Waals surface area contributed by atoms with Gasteiger partial charge in [-0.05, 0) is 19.9 Å². The summed E-state index contributed by atoms with van der Waals surface area (Å²) in [6, 6.07) is 0.482. The Morgan fingerprint density at radius 3 is 2.63 bits per heavy atom. The first-order valence-electron chi connectivity index (χ1n) is 7.04. The van der Waals surface area contributed by atoms with Gasteiger partial charge < -0.3 is 15.4 Å². The summed E-state index contributed by atoms with van der Waals surface area (Å²) in [5.74, 6) is -0.176.